The first-order valence-corrected chi connectivity index (χ1v) is 7.04. The van der Waals surface area contributed by atoms with Gasteiger partial charge < -0.3 is 4.74 Å². The first-order valence-electron chi connectivity index (χ1n) is 7.04. The summed E-state index contributed by atoms with van der Waals surface area (Å²) in [5.41, 5.74) is 1.10. The van der Waals surface area contributed by atoms with E-state index in [4.69, 9.17) is 4.74 Å². The van der Waals surface area contributed by atoms with E-state index >= 15 is 0 Å². The molecule has 1 aromatic carbocycles. The minimum absolute atomic E-state index is 0.143. The van der Waals surface area contributed by atoms with E-state index in [2.05, 4.69) is 0 Å². The maximum atomic E-state index is 12.5. The fourth-order valence-electron chi connectivity index (χ4n) is 2.47. The summed E-state index contributed by atoms with van der Waals surface area (Å²) in [6, 6.07) is 9.69. The van der Waals surface area contributed by atoms with Gasteiger partial charge >= 0.3 is 6.09 Å². The number of imide groups is 1. The van der Waals surface area contributed by atoms with Gasteiger partial charge in [-0.3, -0.25) is 4.79 Å². The molecule has 2 atom stereocenters. The molecule has 2 unspecified atom stereocenters. The van der Waals surface area contributed by atoms with Gasteiger partial charge in [0.2, 0.25) is 5.91 Å². The smallest absolute Gasteiger partial charge is 0.416 e. The molecule has 1 saturated heterocycles. The summed E-state index contributed by atoms with van der Waals surface area (Å²) in [7, 11) is 0. The van der Waals surface area contributed by atoms with Crippen LogP contribution in [-0.2, 0) is 16.0 Å². The van der Waals surface area contributed by atoms with Crippen LogP contribution in [0, 0.1) is 11.8 Å². The van der Waals surface area contributed by atoms with E-state index in [0.29, 0.717) is 13.0 Å². The Balaban J connectivity index is 2.07. The summed E-state index contributed by atoms with van der Waals surface area (Å²) >= 11 is 0. The topological polar surface area (TPSA) is 46.6 Å². The van der Waals surface area contributed by atoms with E-state index in [1.165, 1.54) is 4.90 Å². The van der Waals surface area contributed by atoms with Crippen LogP contribution in [0.1, 0.15) is 26.3 Å². The number of ether oxygens (including phenoxy) is 1. The van der Waals surface area contributed by atoms with E-state index in [1.807, 2.05) is 51.1 Å². The van der Waals surface area contributed by atoms with Crippen LogP contribution in [0.3, 0.4) is 0 Å². The van der Waals surface area contributed by atoms with Gasteiger partial charge in [-0.2, -0.15) is 0 Å². The van der Waals surface area contributed by atoms with Crippen molar-refractivity contribution in [3.8, 4) is 0 Å². The number of hydrogen-bond donors (Lipinski definition) is 0. The Bertz CT molecular complexity index is 484. The van der Waals surface area contributed by atoms with Crippen LogP contribution in [-0.4, -0.2) is 29.5 Å². The molecular formula is C16H21NO3. The third-order valence-electron chi connectivity index (χ3n) is 3.72. The Morgan fingerprint density at radius 2 is 1.95 bits per heavy atom. The van der Waals surface area contributed by atoms with Crippen molar-refractivity contribution in [1.29, 1.82) is 0 Å². The van der Waals surface area contributed by atoms with Crippen molar-refractivity contribution in [2.75, 3.05) is 6.61 Å². The molecular weight excluding hydrogens is 254 g/mol. The average molecular weight is 275 g/mol. The summed E-state index contributed by atoms with van der Waals surface area (Å²) in [4.78, 5) is 25.6. The molecule has 0 bridgehead atoms. The molecule has 0 aliphatic carbocycles. The molecule has 1 aliphatic heterocycles. The molecule has 2 rings (SSSR count). The number of nitrogens with zero attached hydrogens (tertiary/aromatic N) is 1. The number of benzene rings is 1. The first kappa shape index (κ1) is 14.6. The second kappa shape index (κ2) is 6.07. The monoisotopic (exact) mass is 275 g/mol. The van der Waals surface area contributed by atoms with Crippen LogP contribution in [0.2, 0.25) is 0 Å². The van der Waals surface area contributed by atoms with E-state index < -0.39 is 6.09 Å². The zero-order chi connectivity index (χ0) is 14.7. The number of carbonyl (C=O) groups is 2. The van der Waals surface area contributed by atoms with Gasteiger partial charge in [0.25, 0.3) is 0 Å². The fourth-order valence-corrected chi connectivity index (χ4v) is 2.47. The van der Waals surface area contributed by atoms with Gasteiger partial charge in [-0.05, 0) is 17.9 Å². The van der Waals surface area contributed by atoms with Crippen molar-refractivity contribution in [2.24, 2.45) is 11.8 Å². The molecule has 1 heterocycles. The molecule has 4 nitrogen and oxygen atoms in total. The maximum Gasteiger partial charge on any atom is 0.416 e. The van der Waals surface area contributed by atoms with Crippen LogP contribution in [0.5, 0.6) is 0 Å². The molecule has 1 aromatic rings. The largest absolute Gasteiger partial charge is 0.447 e. The molecule has 1 aliphatic rings. The molecule has 1 fully saturated rings. The van der Waals surface area contributed by atoms with Crippen LogP contribution < -0.4 is 0 Å². The third-order valence-corrected chi connectivity index (χ3v) is 3.72. The summed E-state index contributed by atoms with van der Waals surface area (Å²) in [6.45, 7) is 6.15. The highest BCUT2D eigenvalue weighted by molar-refractivity contribution is 5.94. The molecule has 4 heteroatoms. The van der Waals surface area contributed by atoms with Gasteiger partial charge in [-0.15, -0.1) is 0 Å². The zero-order valence-corrected chi connectivity index (χ0v) is 12.2. The van der Waals surface area contributed by atoms with Crippen molar-refractivity contribution >= 4 is 12.0 Å². The van der Waals surface area contributed by atoms with Gasteiger partial charge in [-0.1, -0.05) is 51.1 Å². The number of rotatable bonds is 4. The van der Waals surface area contributed by atoms with Gasteiger partial charge in [0.15, 0.2) is 0 Å². The first-order chi connectivity index (χ1) is 9.50. The molecule has 0 N–H and O–H groups in total. The zero-order valence-electron chi connectivity index (χ0n) is 12.2. The van der Waals surface area contributed by atoms with Crippen molar-refractivity contribution in [2.45, 2.75) is 33.2 Å². The minimum Gasteiger partial charge on any atom is -0.447 e. The van der Waals surface area contributed by atoms with Crippen molar-refractivity contribution in [3.63, 3.8) is 0 Å². The van der Waals surface area contributed by atoms with Crippen LogP contribution in [0.4, 0.5) is 4.79 Å². The molecule has 20 heavy (non-hydrogen) atoms. The Morgan fingerprint density at radius 3 is 2.55 bits per heavy atom. The molecule has 2 amide bonds. The Labute approximate surface area is 119 Å². The van der Waals surface area contributed by atoms with Gasteiger partial charge in [0.05, 0.1) is 6.04 Å². The van der Waals surface area contributed by atoms with Gasteiger partial charge in [0, 0.05) is 5.92 Å². The van der Waals surface area contributed by atoms with Crippen LogP contribution >= 0.6 is 0 Å². The number of hydrogen-bond acceptors (Lipinski definition) is 3. The summed E-state index contributed by atoms with van der Waals surface area (Å²) in [5.74, 6) is -0.173. The molecule has 0 aromatic heterocycles. The summed E-state index contributed by atoms with van der Waals surface area (Å²) in [5, 5.41) is 0. The van der Waals surface area contributed by atoms with Crippen LogP contribution in [0.15, 0.2) is 30.3 Å². The SMILES string of the molecule is CC(Cc1ccccc1)C(=O)N1C(=O)OCC1C(C)C. The molecule has 0 spiro atoms. The minimum atomic E-state index is -0.506. The van der Waals surface area contributed by atoms with Gasteiger partial charge in [-0.25, -0.2) is 9.69 Å². The lowest BCUT2D eigenvalue weighted by Gasteiger charge is -2.25. The van der Waals surface area contributed by atoms with Gasteiger partial charge in [0.1, 0.15) is 6.61 Å². The highest BCUT2D eigenvalue weighted by atomic mass is 16.6. The Kier molecular flexibility index (Phi) is 4.42. The predicted octanol–water partition coefficient (Wildman–Crippen LogP) is 2.87. The van der Waals surface area contributed by atoms with Crippen LogP contribution in [0.25, 0.3) is 0 Å². The maximum absolute atomic E-state index is 12.5. The summed E-state index contributed by atoms with van der Waals surface area (Å²) < 4.78 is 5.03. The Hall–Kier alpha value is -1.84. The average Bonchev–Trinajstić information content (AvgIpc) is 2.81. The van der Waals surface area contributed by atoms with E-state index in [0.717, 1.165) is 5.56 Å². The summed E-state index contributed by atoms with van der Waals surface area (Å²) in [6.07, 6.45) is 0.127. The lowest BCUT2D eigenvalue weighted by Crippen LogP contribution is -2.44. The fraction of sp³-hybridized carbons (Fsp3) is 0.500. The predicted molar refractivity (Wildman–Crippen MR) is 76.1 cm³/mol. The van der Waals surface area contributed by atoms with Crippen molar-refractivity contribution in [3.05, 3.63) is 35.9 Å². The third kappa shape index (κ3) is 3.00. The highest BCUT2D eigenvalue weighted by Gasteiger charge is 2.40. The second-order valence-corrected chi connectivity index (χ2v) is 5.69. The van der Waals surface area contributed by atoms with E-state index in [1.54, 1.807) is 0 Å². The van der Waals surface area contributed by atoms with E-state index in [9.17, 15) is 9.59 Å². The standard InChI is InChI=1S/C16H21NO3/c1-11(2)14-10-20-16(19)17(14)15(18)12(3)9-13-7-5-4-6-8-13/h4-8,11-12,14H,9-10H2,1-3H3. The lowest BCUT2D eigenvalue weighted by molar-refractivity contribution is -0.133. The quantitative estimate of drug-likeness (QED) is 0.849. The van der Waals surface area contributed by atoms with Crippen molar-refractivity contribution < 1.29 is 14.3 Å². The van der Waals surface area contributed by atoms with Crippen molar-refractivity contribution in [1.82, 2.24) is 4.90 Å². The number of cyclic esters (lactones) is 1. The molecule has 0 radical (unpaired) electrons. The number of amides is 2. The number of carbonyl (C=O) groups excluding carboxylic acids is 2. The molecule has 108 valence electrons. The normalized spacial score (nSPS) is 20.1. The molecule has 0 saturated carbocycles. The van der Waals surface area contributed by atoms with E-state index in [-0.39, 0.29) is 23.8 Å². The Morgan fingerprint density at radius 1 is 1.30 bits per heavy atom. The second-order valence-electron chi connectivity index (χ2n) is 5.69. The highest BCUT2D eigenvalue weighted by Crippen LogP contribution is 2.23. The lowest BCUT2D eigenvalue weighted by atomic mass is 9.97.